The number of halogens is 1. The van der Waals surface area contributed by atoms with E-state index in [0.29, 0.717) is 23.2 Å². The number of nitrogens with zero attached hydrogens (tertiary/aromatic N) is 1. The van der Waals surface area contributed by atoms with Gasteiger partial charge in [-0.05, 0) is 63.3 Å². The van der Waals surface area contributed by atoms with Crippen molar-refractivity contribution in [3.63, 3.8) is 0 Å². The van der Waals surface area contributed by atoms with E-state index >= 15 is 0 Å². The first-order valence-electron chi connectivity index (χ1n) is 8.58. The van der Waals surface area contributed by atoms with E-state index in [1.54, 1.807) is 0 Å². The van der Waals surface area contributed by atoms with Crippen LogP contribution in [0.25, 0.3) is 11.3 Å². The van der Waals surface area contributed by atoms with Crippen molar-refractivity contribution in [3.8, 4) is 11.3 Å². The standard InChI is InChI=1S/C20H24ClNO2/c1-6-15-10-14-8-11(3)12(4)9-16(14)19-17(20(23)24-7-2)18(21)13(5)22(15)19/h8-9,15H,6-7,10H2,1-5H3. The van der Waals surface area contributed by atoms with Crippen molar-refractivity contribution >= 4 is 17.6 Å². The van der Waals surface area contributed by atoms with Gasteiger partial charge in [0.15, 0.2) is 0 Å². The van der Waals surface area contributed by atoms with Gasteiger partial charge in [-0.15, -0.1) is 0 Å². The molecule has 1 aliphatic heterocycles. The SMILES string of the molecule is CCOC(=O)c1c(Cl)c(C)n2c1-c1cc(C)c(C)cc1CC2CC. The molecule has 0 N–H and O–H groups in total. The molecule has 1 aromatic carbocycles. The maximum atomic E-state index is 12.6. The number of carbonyl (C=O) groups excluding carboxylic acids is 1. The lowest BCUT2D eigenvalue weighted by molar-refractivity contribution is 0.0527. The van der Waals surface area contributed by atoms with Crippen LogP contribution in [0.4, 0.5) is 0 Å². The Balaban J connectivity index is 2.34. The minimum atomic E-state index is -0.333. The maximum Gasteiger partial charge on any atom is 0.341 e. The smallest absolute Gasteiger partial charge is 0.341 e. The number of hydrogen-bond donors (Lipinski definition) is 0. The molecule has 0 bridgehead atoms. The highest BCUT2D eigenvalue weighted by molar-refractivity contribution is 6.35. The predicted molar refractivity (Wildman–Crippen MR) is 98.1 cm³/mol. The van der Waals surface area contributed by atoms with E-state index in [2.05, 4.69) is 37.5 Å². The number of ether oxygens (including phenoxy) is 1. The van der Waals surface area contributed by atoms with Crippen molar-refractivity contribution in [1.82, 2.24) is 4.57 Å². The Bertz CT molecular complexity index is 820. The minimum Gasteiger partial charge on any atom is -0.462 e. The second kappa shape index (κ2) is 6.29. The highest BCUT2D eigenvalue weighted by atomic mass is 35.5. The molecule has 2 heterocycles. The highest BCUT2D eigenvalue weighted by Gasteiger charge is 2.33. The van der Waals surface area contributed by atoms with Crippen molar-refractivity contribution in [1.29, 1.82) is 0 Å². The van der Waals surface area contributed by atoms with Crippen LogP contribution in [-0.2, 0) is 11.2 Å². The molecular formula is C20H24ClNO2. The van der Waals surface area contributed by atoms with Gasteiger partial charge in [0.2, 0.25) is 0 Å². The van der Waals surface area contributed by atoms with Crippen LogP contribution in [-0.4, -0.2) is 17.1 Å². The van der Waals surface area contributed by atoms with Crippen LogP contribution in [0.1, 0.15) is 59.1 Å². The third-order valence-electron chi connectivity index (χ3n) is 5.12. The molecule has 0 spiro atoms. The average molecular weight is 346 g/mol. The van der Waals surface area contributed by atoms with Crippen molar-refractivity contribution in [2.24, 2.45) is 0 Å². The summed E-state index contributed by atoms with van der Waals surface area (Å²) in [7, 11) is 0. The molecule has 0 amide bonds. The molecule has 0 fully saturated rings. The summed E-state index contributed by atoms with van der Waals surface area (Å²) in [6, 6.07) is 4.75. The average Bonchev–Trinajstić information content (AvgIpc) is 2.81. The maximum absolute atomic E-state index is 12.6. The van der Waals surface area contributed by atoms with Crippen LogP contribution >= 0.6 is 11.6 Å². The lowest BCUT2D eigenvalue weighted by Gasteiger charge is -2.30. The first kappa shape index (κ1) is 17.1. The number of aryl methyl sites for hydroxylation is 2. The molecule has 0 aliphatic carbocycles. The Morgan fingerprint density at radius 1 is 1.25 bits per heavy atom. The minimum absolute atomic E-state index is 0.315. The van der Waals surface area contributed by atoms with Gasteiger partial charge in [0, 0.05) is 17.3 Å². The largest absolute Gasteiger partial charge is 0.462 e. The summed E-state index contributed by atoms with van der Waals surface area (Å²) in [6.45, 7) is 10.6. The molecule has 0 radical (unpaired) electrons. The summed E-state index contributed by atoms with van der Waals surface area (Å²) in [5, 5.41) is 0.521. The van der Waals surface area contributed by atoms with Gasteiger partial charge >= 0.3 is 5.97 Å². The zero-order valence-electron chi connectivity index (χ0n) is 15.0. The van der Waals surface area contributed by atoms with Crippen molar-refractivity contribution in [3.05, 3.63) is 45.1 Å². The van der Waals surface area contributed by atoms with Crippen molar-refractivity contribution in [2.75, 3.05) is 6.61 Å². The van der Waals surface area contributed by atoms with Crippen LogP contribution in [0, 0.1) is 20.8 Å². The van der Waals surface area contributed by atoms with Crippen LogP contribution in [0.5, 0.6) is 0 Å². The molecule has 1 aliphatic rings. The van der Waals surface area contributed by atoms with Gasteiger partial charge < -0.3 is 9.30 Å². The molecule has 1 atom stereocenters. The Morgan fingerprint density at radius 3 is 2.54 bits per heavy atom. The third kappa shape index (κ3) is 2.46. The lowest BCUT2D eigenvalue weighted by Crippen LogP contribution is -2.20. The normalized spacial score (nSPS) is 15.8. The fraction of sp³-hybridized carbons (Fsp3) is 0.450. The van der Waals surface area contributed by atoms with Crippen LogP contribution < -0.4 is 0 Å². The second-order valence-electron chi connectivity index (χ2n) is 6.57. The van der Waals surface area contributed by atoms with E-state index in [4.69, 9.17) is 16.3 Å². The van der Waals surface area contributed by atoms with Gasteiger partial charge in [0.1, 0.15) is 5.56 Å². The van der Waals surface area contributed by atoms with Gasteiger partial charge in [-0.1, -0.05) is 24.6 Å². The van der Waals surface area contributed by atoms with E-state index in [1.165, 1.54) is 16.7 Å². The number of fused-ring (bicyclic) bond motifs is 3. The fourth-order valence-corrected chi connectivity index (χ4v) is 3.98. The summed E-state index contributed by atoms with van der Waals surface area (Å²) >= 11 is 6.57. The Kier molecular flexibility index (Phi) is 4.48. The number of esters is 1. The van der Waals surface area contributed by atoms with Gasteiger partial charge in [-0.3, -0.25) is 0 Å². The van der Waals surface area contributed by atoms with Crippen LogP contribution in [0.15, 0.2) is 12.1 Å². The fourth-order valence-electron chi connectivity index (χ4n) is 3.73. The highest BCUT2D eigenvalue weighted by Crippen LogP contribution is 2.45. The summed E-state index contributed by atoms with van der Waals surface area (Å²) in [5.41, 5.74) is 7.29. The second-order valence-corrected chi connectivity index (χ2v) is 6.95. The number of rotatable bonds is 3. The van der Waals surface area contributed by atoms with Crippen molar-refractivity contribution < 1.29 is 9.53 Å². The Hall–Kier alpha value is -1.74. The zero-order valence-corrected chi connectivity index (χ0v) is 15.8. The number of hydrogen-bond acceptors (Lipinski definition) is 2. The predicted octanol–water partition coefficient (Wildman–Crippen LogP) is 5.42. The number of aromatic nitrogens is 1. The summed E-state index contributed by atoms with van der Waals surface area (Å²) in [5.74, 6) is -0.333. The van der Waals surface area contributed by atoms with E-state index in [1.807, 2.05) is 13.8 Å². The van der Waals surface area contributed by atoms with E-state index in [9.17, 15) is 4.79 Å². The monoisotopic (exact) mass is 345 g/mol. The molecule has 3 nitrogen and oxygen atoms in total. The molecule has 1 aromatic heterocycles. The third-order valence-corrected chi connectivity index (χ3v) is 5.58. The molecule has 0 saturated heterocycles. The Labute approximate surface area is 148 Å². The van der Waals surface area contributed by atoms with Gasteiger partial charge in [-0.25, -0.2) is 4.79 Å². The summed E-state index contributed by atoms with van der Waals surface area (Å²) in [6.07, 6.45) is 1.96. The molecule has 4 heteroatoms. The number of carbonyl (C=O) groups is 1. The van der Waals surface area contributed by atoms with Crippen LogP contribution in [0.3, 0.4) is 0 Å². The molecule has 2 aromatic rings. The summed E-state index contributed by atoms with van der Waals surface area (Å²) in [4.78, 5) is 12.6. The van der Waals surface area contributed by atoms with Gasteiger partial charge in [-0.2, -0.15) is 0 Å². The molecule has 24 heavy (non-hydrogen) atoms. The van der Waals surface area contributed by atoms with E-state index in [0.717, 1.165) is 29.8 Å². The summed E-state index contributed by atoms with van der Waals surface area (Å²) < 4.78 is 7.53. The topological polar surface area (TPSA) is 31.2 Å². The Morgan fingerprint density at radius 2 is 1.92 bits per heavy atom. The quantitative estimate of drug-likeness (QED) is 0.696. The first-order chi connectivity index (χ1) is 11.4. The number of benzene rings is 1. The van der Waals surface area contributed by atoms with E-state index < -0.39 is 0 Å². The first-order valence-corrected chi connectivity index (χ1v) is 8.96. The molecular weight excluding hydrogens is 322 g/mol. The molecule has 3 rings (SSSR count). The van der Waals surface area contributed by atoms with Crippen molar-refractivity contribution in [2.45, 2.75) is 53.5 Å². The lowest BCUT2D eigenvalue weighted by atomic mass is 9.88. The van der Waals surface area contributed by atoms with Gasteiger partial charge in [0.25, 0.3) is 0 Å². The molecule has 0 saturated carbocycles. The molecule has 128 valence electrons. The van der Waals surface area contributed by atoms with E-state index in [-0.39, 0.29) is 5.97 Å². The van der Waals surface area contributed by atoms with Gasteiger partial charge in [0.05, 0.1) is 17.3 Å². The zero-order chi connectivity index (χ0) is 17.6. The van der Waals surface area contributed by atoms with Crippen LogP contribution in [0.2, 0.25) is 5.02 Å². The molecule has 1 unspecified atom stereocenters.